The third kappa shape index (κ3) is 2.62. The first-order valence-electron chi connectivity index (χ1n) is 4.90. The first-order valence-corrected chi connectivity index (χ1v) is 4.90. The van der Waals surface area contributed by atoms with Crippen molar-refractivity contribution >= 4 is 5.69 Å². The molecule has 0 saturated carbocycles. The number of nitrogen functional groups attached to an aromatic ring is 1. The largest absolute Gasteiger partial charge is 0.474 e. The Labute approximate surface area is 85.3 Å². The van der Waals surface area contributed by atoms with Crippen molar-refractivity contribution in [2.24, 2.45) is 5.92 Å². The van der Waals surface area contributed by atoms with E-state index in [2.05, 4.69) is 18.8 Å². The lowest BCUT2D eigenvalue weighted by atomic mass is 10.1. The highest BCUT2D eigenvalue weighted by Gasteiger charge is 2.09. The van der Waals surface area contributed by atoms with Gasteiger partial charge in [-0.1, -0.05) is 13.8 Å². The number of ether oxygens (including phenoxy) is 1. The zero-order valence-corrected chi connectivity index (χ0v) is 9.24. The molecular weight excluding hydrogens is 176 g/mol. The quantitative estimate of drug-likeness (QED) is 0.803. The molecule has 0 spiro atoms. The third-order valence-corrected chi connectivity index (χ3v) is 2.35. The van der Waals surface area contributed by atoms with Crippen molar-refractivity contribution in [2.45, 2.75) is 33.8 Å². The van der Waals surface area contributed by atoms with E-state index in [9.17, 15) is 0 Å². The lowest BCUT2D eigenvalue weighted by molar-refractivity contribution is 0.163. The normalized spacial score (nSPS) is 12.9. The molecule has 0 aliphatic rings. The van der Waals surface area contributed by atoms with Crippen LogP contribution in [0.4, 0.5) is 5.69 Å². The number of aromatic nitrogens is 1. The second-order valence-corrected chi connectivity index (χ2v) is 3.89. The van der Waals surface area contributed by atoms with E-state index in [-0.39, 0.29) is 6.10 Å². The first-order chi connectivity index (χ1) is 6.50. The van der Waals surface area contributed by atoms with Crippen LogP contribution >= 0.6 is 0 Å². The second-order valence-electron chi connectivity index (χ2n) is 3.89. The van der Waals surface area contributed by atoms with Crippen molar-refractivity contribution in [1.29, 1.82) is 0 Å². The molecule has 1 unspecified atom stereocenters. The van der Waals surface area contributed by atoms with Gasteiger partial charge in [0, 0.05) is 6.07 Å². The molecular formula is C11H18N2O. The smallest absolute Gasteiger partial charge is 0.213 e. The highest BCUT2D eigenvalue weighted by Crippen LogP contribution is 2.16. The van der Waals surface area contributed by atoms with Gasteiger partial charge in [0.1, 0.15) is 0 Å². The highest BCUT2D eigenvalue weighted by molar-refractivity contribution is 5.43. The zero-order valence-electron chi connectivity index (χ0n) is 9.24. The lowest BCUT2D eigenvalue weighted by Crippen LogP contribution is -2.19. The third-order valence-electron chi connectivity index (χ3n) is 2.35. The first kappa shape index (κ1) is 10.8. The van der Waals surface area contributed by atoms with Crippen LogP contribution in [0, 0.1) is 12.8 Å². The summed E-state index contributed by atoms with van der Waals surface area (Å²) in [6.07, 6.45) is 0.172. The van der Waals surface area contributed by atoms with E-state index in [1.165, 1.54) is 0 Å². The summed E-state index contributed by atoms with van der Waals surface area (Å²) in [5.41, 5.74) is 7.18. The molecule has 78 valence electrons. The fourth-order valence-electron chi connectivity index (χ4n) is 0.941. The van der Waals surface area contributed by atoms with E-state index in [0.29, 0.717) is 17.5 Å². The van der Waals surface area contributed by atoms with Gasteiger partial charge in [-0.3, -0.25) is 0 Å². The summed E-state index contributed by atoms with van der Waals surface area (Å²) >= 11 is 0. The summed E-state index contributed by atoms with van der Waals surface area (Å²) in [4.78, 5) is 4.25. The monoisotopic (exact) mass is 194 g/mol. The Bertz CT molecular complexity index is 310. The fourth-order valence-corrected chi connectivity index (χ4v) is 0.941. The van der Waals surface area contributed by atoms with Crippen LogP contribution in [0.2, 0.25) is 0 Å². The maximum absolute atomic E-state index is 5.66. The minimum atomic E-state index is 0.172. The molecule has 0 fully saturated rings. The molecule has 1 heterocycles. The Balaban J connectivity index is 2.73. The second kappa shape index (κ2) is 4.31. The molecule has 0 aliphatic heterocycles. The zero-order chi connectivity index (χ0) is 10.7. The van der Waals surface area contributed by atoms with Crippen LogP contribution in [0.1, 0.15) is 26.5 Å². The van der Waals surface area contributed by atoms with Crippen molar-refractivity contribution in [3.63, 3.8) is 0 Å². The van der Waals surface area contributed by atoms with Crippen molar-refractivity contribution in [2.75, 3.05) is 5.73 Å². The van der Waals surface area contributed by atoms with Gasteiger partial charge in [-0.15, -0.1) is 0 Å². The van der Waals surface area contributed by atoms with Crippen LogP contribution in [-0.4, -0.2) is 11.1 Å². The number of rotatable bonds is 3. The average Bonchev–Trinajstić information content (AvgIpc) is 2.11. The van der Waals surface area contributed by atoms with Crippen molar-refractivity contribution < 1.29 is 4.74 Å². The number of anilines is 1. The molecule has 14 heavy (non-hydrogen) atoms. The number of aryl methyl sites for hydroxylation is 1. The Hall–Kier alpha value is -1.25. The van der Waals surface area contributed by atoms with E-state index in [1.54, 1.807) is 6.07 Å². The van der Waals surface area contributed by atoms with Gasteiger partial charge in [-0.25, -0.2) is 4.98 Å². The number of pyridine rings is 1. The maximum atomic E-state index is 5.66. The SMILES string of the molecule is Cc1nc(OC(C)C(C)C)ccc1N. The lowest BCUT2D eigenvalue weighted by Gasteiger charge is -2.17. The minimum Gasteiger partial charge on any atom is -0.474 e. The van der Waals surface area contributed by atoms with Gasteiger partial charge in [0.25, 0.3) is 0 Å². The van der Waals surface area contributed by atoms with Gasteiger partial charge >= 0.3 is 0 Å². The van der Waals surface area contributed by atoms with E-state index >= 15 is 0 Å². The van der Waals surface area contributed by atoms with Gasteiger partial charge in [0.05, 0.1) is 17.5 Å². The molecule has 3 nitrogen and oxygen atoms in total. The van der Waals surface area contributed by atoms with Crippen LogP contribution in [0.5, 0.6) is 5.88 Å². The molecule has 0 saturated heterocycles. The van der Waals surface area contributed by atoms with Crippen LogP contribution in [0.3, 0.4) is 0 Å². The van der Waals surface area contributed by atoms with E-state index in [4.69, 9.17) is 10.5 Å². The summed E-state index contributed by atoms with van der Waals surface area (Å²) < 4.78 is 5.64. The van der Waals surface area contributed by atoms with Crippen LogP contribution in [0.15, 0.2) is 12.1 Å². The van der Waals surface area contributed by atoms with Gasteiger partial charge in [0.15, 0.2) is 0 Å². The summed E-state index contributed by atoms with van der Waals surface area (Å²) in [7, 11) is 0. The summed E-state index contributed by atoms with van der Waals surface area (Å²) in [5.74, 6) is 1.13. The van der Waals surface area contributed by atoms with Gasteiger partial charge < -0.3 is 10.5 Å². The molecule has 1 atom stereocenters. The molecule has 2 N–H and O–H groups in total. The summed E-state index contributed by atoms with van der Waals surface area (Å²) in [6, 6.07) is 3.63. The molecule has 3 heteroatoms. The molecule has 0 amide bonds. The standard InChI is InChI=1S/C11H18N2O/c1-7(2)9(4)14-11-6-5-10(12)8(3)13-11/h5-7,9H,12H2,1-4H3. The van der Waals surface area contributed by atoms with Crippen LogP contribution in [-0.2, 0) is 0 Å². The Morgan fingerprint density at radius 1 is 1.29 bits per heavy atom. The molecule has 0 aromatic carbocycles. The predicted octanol–water partition coefficient (Wildman–Crippen LogP) is 2.40. The van der Waals surface area contributed by atoms with Crippen LogP contribution < -0.4 is 10.5 Å². The summed E-state index contributed by atoms with van der Waals surface area (Å²) in [6.45, 7) is 8.16. The van der Waals surface area contributed by atoms with Crippen LogP contribution in [0.25, 0.3) is 0 Å². The number of nitrogens with two attached hydrogens (primary N) is 1. The molecule has 0 bridgehead atoms. The Kier molecular flexibility index (Phi) is 3.33. The van der Waals surface area contributed by atoms with Crippen molar-refractivity contribution in [1.82, 2.24) is 4.98 Å². The van der Waals surface area contributed by atoms with Crippen molar-refractivity contribution in [3.05, 3.63) is 17.8 Å². The maximum Gasteiger partial charge on any atom is 0.213 e. The summed E-state index contributed by atoms with van der Waals surface area (Å²) in [5, 5.41) is 0. The fraction of sp³-hybridized carbons (Fsp3) is 0.545. The van der Waals surface area contributed by atoms with Gasteiger partial charge in [-0.05, 0) is 25.8 Å². The minimum absolute atomic E-state index is 0.172. The number of hydrogen-bond donors (Lipinski definition) is 1. The molecule has 1 aromatic rings. The van der Waals surface area contributed by atoms with E-state index in [0.717, 1.165) is 5.69 Å². The Morgan fingerprint density at radius 3 is 2.43 bits per heavy atom. The van der Waals surface area contributed by atoms with E-state index < -0.39 is 0 Å². The predicted molar refractivity (Wildman–Crippen MR) is 58.3 cm³/mol. The molecule has 0 aliphatic carbocycles. The molecule has 0 radical (unpaired) electrons. The number of nitrogens with zero attached hydrogens (tertiary/aromatic N) is 1. The molecule has 1 aromatic heterocycles. The molecule has 1 rings (SSSR count). The van der Waals surface area contributed by atoms with E-state index in [1.807, 2.05) is 19.9 Å². The topological polar surface area (TPSA) is 48.1 Å². The Morgan fingerprint density at radius 2 is 1.93 bits per heavy atom. The highest BCUT2D eigenvalue weighted by atomic mass is 16.5. The van der Waals surface area contributed by atoms with Gasteiger partial charge in [0.2, 0.25) is 5.88 Å². The number of hydrogen-bond acceptors (Lipinski definition) is 3. The van der Waals surface area contributed by atoms with Gasteiger partial charge in [-0.2, -0.15) is 0 Å². The average molecular weight is 194 g/mol. The van der Waals surface area contributed by atoms with Crippen molar-refractivity contribution in [3.8, 4) is 5.88 Å².